The first-order chi connectivity index (χ1) is 13.2. The van der Waals surface area contributed by atoms with Gasteiger partial charge in [-0.15, -0.1) is 0 Å². The van der Waals surface area contributed by atoms with Gasteiger partial charge in [0.15, 0.2) is 0 Å². The van der Waals surface area contributed by atoms with Crippen molar-refractivity contribution >= 4 is 20.2 Å². The third-order valence-electron chi connectivity index (χ3n) is 5.72. The van der Waals surface area contributed by atoms with E-state index in [0.29, 0.717) is 30.2 Å². The molecule has 27 heavy (non-hydrogen) atoms. The van der Waals surface area contributed by atoms with Crippen molar-refractivity contribution in [1.29, 1.82) is 0 Å². The normalized spacial score (nSPS) is 36.8. The number of halogens is 2. The van der Waals surface area contributed by atoms with E-state index in [1.54, 1.807) is 0 Å². The molecule has 0 aromatic heterocycles. The zero-order chi connectivity index (χ0) is 19.3. The van der Waals surface area contributed by atoms with Gasteiger partial charge in [-0.2, -0.15) is 62.9 Å². The Kier molecular flexibility index (Phi) is 13.3. The standard InChI is InChI=1S/C19H34N5.2ClH.Mn/c1-15-14-24-19-9-5-4-8-18(19)23-13-12-22-17-7-3-2-6-16(17)21-11-10-20-15;;;/h15-19H,2-14H2,1H3;2*1H;/q-5;;;+2/p-2/t15-,16?,17?,18-,19+;;;/m1.../s1. The van der Waals surface area contributed by atoms with Crippen molar-refractivity contribution < 1.29 is 13.1 Å². The molecular weight excluding hydrogens is 424 g/mol. The van der Waals surface area contributed by atoms with Gasteiger partial charge < -0.3 is 26.6 Å². The molecule has 0 spiro atoms. The van der Waals surface area contributed by atoms with Crippen molar-refractivity contribution in [2.75, 3.05) is 32.7 Å². The average Bonchev–Trinajstić information content (AvgIpc) is 2.69. The van der Waals surface area contributed by atoms with Gasteiger partial charge in [0.2, 0.25) is 0 Å². The molecule has 2 saturated carbocycles. The van der Waals surface area contributed by atoms with Gasteiger partial charge in [-0.3, -0.25) is 0 Å². The van der Waals surface area contributed by atoms with E-state index in [-0.39, 0.29) is 13.1 Å². The Labute approximate surface area is 180 Å². The predicted octanol–water partition coefficient (Wildman–Crippen LogP) is 6.26. The second-order valence-corrected chi connectivity index (χ2v) is 9.68. The fourth-order valence-corrected chi connectivity index (χ4v) is 4.33. The molecule has 8 heteroatoms. The van der Waals surface area contributed by atoms with Crippen LogP contribution in [-0.4, -0.2) is 62.9 Å². The van der Waals surface area contributed by atoms with Crippen LogP contribution in [0.5, 0.6) is 0 Å². The monoisotopic (exact) mass is 457 g/mol. The molecule has 0 bridgehead atoms. The number of fused-ring (bicyclic) bond motifs is 2. The molecule has 161 valence electrons. The van der Waals surface area contributed by atoms with Gasteiger partial charge in [-0.1, -0.05) is 58.3 Å². The molecule has 2 aliphatic carbocycles. The van der Waals surface area contributed by atoms with Gasteiger partial charge in [-0.05, 0) is 0 Å². The molecule has 1 saturated heterocycles. The third-order valence-corrected chi connectivity index (χ3v) is 5.72. The Balaban J connectivity index is 0.000000817. The summed E-state index contributed by atoms with van der Waals surface area (Å²) in [7, 11) is 9.59. The number of rotatable bonds is 0. The fourth-order valence-electron chi connectivity index (χ4n) is 4.33. The van der Waals surface area contributed by atoms with Crippen LogP contribution in [0.1, 0.15) is 58.3 Å². The Morgan fingerprint density at radius 1 is 0.593 bits per heavy atom. The van der Waals surface area contributed by atoms with Gasteiger partial charge in [0.25, 0.3) is 0 Å². The van der Waals surface area contributed by atoms with Gasteiger partial charge in [0.05, 0.1) is 0 Å². The summed E-state index contributed by atoms with van der Waals surface area (Å²) in [5.74, 6) is 0. The Bertz CT molecular complexity index is 380. The summed E-state index contributed by atoms with van der Waals surface area (Å²) < 4.78 is 0. The van der Waals surface area contributed by atoms with E-state index in [1.807, 2.05) is 0 Å². The molecular formula is C19H34Cl2MnN5-5. The van der Waals surface area contributed by atoms with Crippen molar-refractivity contribution in [3.63, 3.8) is 0 Å². The molecule has 3 rings (SSSR count). The van der Waals surface area contributed by atoms with Gasteiger partial charge >= 0.3 is 33.3 Å². The van der Waals surface area contributed by atoms with E-state index in [9.17, 15) is 0 Å². The maximum atomic E-state index is 4.97. The summed E-state index contributed by atoms with van der Waals surface area (Å²) in [6.07, 6.45) is 10.1. The zero-order valence-corrected chi connectivity index (χ0v) is 19.1. The quantitative estimate of drug-likeness (QED) is 0.385. The predicted molar refractivity (Wildman–Crippen MR) is 114 cm³/mol. The topological polar surface area (TPSA) is 70.5 Å². The van der Waals surface area contributed by atoms with Crippen molar-refractivity contribution in [3.8, 4) is 0 Å². The third kappa shape index (κ3) is 9.50. The molecule has 0 radical (unpaired) electrons. The number of hydrogen-bond donors (Lipinski definition) is 0. The molecule has 0 N–H and O–H groups in total. The molecule has 2 unspecified atom stereocenters. The zero-order valence-electron chi connectivity index (χ0n) is 16.4. The molecule has 3 aliphatic rings. The summed E-state index contributed by atoms with van der Waals surface area (Å²) in [6.45, 7) is 6.50. The van der Waals surface area contributed by atoms with E-state index < -0.39 is 0 Å². The van der Waals surface area contributed by atoms with Crippen molar-refractivity contribution in [3.05, 3.63) is 26.6 Å². The van der Waals surface area contributed by atoms with Crippen molar-refractivity contribution in [2.24, 2.45) is 0 Å². The van der Waals surface area contributed by atoms with Crippen LogP contribution in [-0.2, 0) is 13.1 Å². The minimum absolute atomic E-state index is 0.00694. The fraction of sp³-hybridized carbons (Fsp3) is 1.00. The van der Waals surface area contributed by atoms with E-state index in [4.69, 9.17) is 46.8 Å². The van der Waals surface area contributed by atoms with E-state index in [0.717, 1.165) is 32.7 Å². The molecule has 0 amide bonds. The average molecular weight is 458 g/mol. The molecule has 1 heterocycles. The van der Waals surface area contributed by atoms with Gasteiger partial charge in [0.1, 0.15) is 0 Å². The number of hydrogen-bond acceptors (Lipinski definition) is 0. The minimum atomic E-state index is 0.00694. The van der Waals surface area contributed by atoms with Crippen molar-refractivity contribution in [2.45, 2.75) is 88.5 Å². The Hall–Kier alpha value is 0.899. The summed E-state index contributed by atoms with van der Waals surface area (Å²) in [6, 6.07) is 2.04. The summed E-state index contributed by atoms with van der Waals surface area (Å²) in [5, 5.41) is 24.6. The van der Waals surface area contributed by atoms with Crippen LogP contribution in [0.25, 0.3) is 26.6 Å². The van der Waals surface area contributed by atoms with Crippen LogP contribution in [0, 0.1) is 0 Å². The van der Waals surface area contributed by atoms with Crippen LogP contribution in [0.4, 0.5) is 0 Å². The van der Waals surface area contributed by atoms with Crippen molar-refractivity contribution in [1.82, 2.24) is 0 Å². The Morgan fingerprint density at radius 2 is 0.926 bits per heavy atom. The molecule has 0 aromatic carbocycles. The summed E-state index contributed by atoms with van der Waals surface area (Å²) >= 11 is 0.00694. The second-order valence-electron chi connectivity index (χ2n) is 7.73. The molecule has 1 aliphatic heterocycles. The number of nitrogens with zero attached hydrogens (tertiary/aromatic N) is 5. The van der Waals surface area contributed by atoms with Gasteiger partial charge in [-0.25, -0.2) is 0 Å². The van der Waals surface area contributed by atoms with E-state index >= 15 is 0 Å². The summed E-state index contributed by atoms with van der Waals surface area (Å²) in [4.78, 5) is 0. The SMILES string of the molecule is C[C@@H]1C[N-][C@H]2CCCC[C@H]2[N-]CC[N-]C2CCCCC2[N-]CC[N-]1.[Cl][Mn][Cl]. The van der Waals surface area contributed by atoms with Crippen LogP contribution in [0.15, 0.2) is 0 Å². The van der Waals surface area contributed by atoms with E-state index in [2.05, 4.69) is 6.92 Å². The molecule has 5 nitrogen and oxygen atoms in total. The Morgan fingerprint density at radius 3 is 1.33 bits per heavy atom. The van der Waals surface area contributed by atoms with Crippen LogP contribution >= 0.6 is 20.2 Å². The molecule has 5 atom stereocenters. The first-order valence-corrected chi connectivity index (χ1v) is 13.7. The molecule has 0 aromatic rings. The van der Waals surface area contributed by atoms with Crippen LogP contribution < -0.4 is 0 Å². The van der Waals surface area contributed by atoms with E-state index in [1.165, 1.54) is 51.4 Å². The molecule has 3 fully saturated rings. The maximum absolute atomic E-state index is 4.97. The first-order valence-electron chi connectivity index (χ1n) is 10.4. The first kappa shape index (κ1) is 24.2. The van der Waals surface area contributed by atoms with Gasteiger partial charge in [0, 0.05) is 0 Å². The van der Waals surface area contributed by atoms with Crippen LogP contribution in [0.3, 0.4) is 0 Å². The van der Waals surface area contributed by atoms with Crippen LogP contribution in [0.2, 0.25) is 0 Å². The summed E-state index contributed by atoms with van der Waals surface area (Å²) in [5.41, 5.74) is 0. The second kappa shape index (κ2) is 14.8.